The van der Waals surface area contributed by atoms with E-state index in [1.54, 1.807) is 11.3 Å². The molecule has 0 atom stereocenters. The highest BCUT2D eigenvalue weighted by Gasteiger charge is 2.15. The summed E-state index contributed by atoms with van der Waals surface area (Å²) in [5.41, 5.74) is 7.85. The molecule has 0 spiro atoms. The number of hydrogen-bond acceptors (Lipinski definition) is 6. The third kappa shape index (κ3) is 3.67. The molecule has 4 nitrogen and oxygen atoms in total. The predicted molar refractivity (Wildman–Crippen MR) is 84.9 cm³/mol. The number of anilines is 2. The molecule has 2 rings (SSSR count). The van der Waals surface area contributed by atoms with E-state index in [1.807, 2.05) is 12.3 Å². The Kier molecular flexibility index (Phi) is 4.76. The zero-order valence-corrected chi connectivity index (χ0v) is 13.2. The predicted octanol–water partition coefficient (Wildman–Crippen LogP) is 4.01. The second kappa shape index (κ2) is 6.34. The molecule has 2 heterocycles. The van der Waals surface area contributed by atoms with Crippen molar-refractivity contribution in [3.05, 3.63) is 10.4 Å². The summed E-state index contributed by atoms with van der Waals surface area (Å²) in [6.45, 7) is 7.44. The molecule has 0 unspecified atom stereocenters. The minimum Gasteiger partial charge on any atom is -0.382 e. The zero-order chi connectivity index (χ0) is 13.8. The molecule has 6 heteroatoms. The van der Waals surface area contributed by atoms with Crippen molar-refractivity contribution in [1.29, 1.82) is 0 Å². The zero-order valence-electron chi connectivity index (χ0n) is 11.6. The second-order valence-electron chi connectivity index (χ2n) is 4.99. The van der Waals surface area contributed by atoms with Gasteiger partial charge >= 0.3 is 0 Å². The fourth-order valence-electron chi connectivity index (χ4n) is 1.86. The van der Waals surface area contributed by atoms with Gasteiger partial charge in [-0.3, -0.25) is 0 Å². The molecule has 0 aliphatic carbocycles. The first kappa shape index (κ1) is 14.3. The maximum absolute atomic E-state index is 5.96. The molecule has 104 valence electrons. The summed E-state index contributed by atoms with van der Waals surface area (Å²) in [6.07, 6.45) is 2.39. The summed E-state index contributed by atoms with van der Waals surface area (Å²) < 4.78 is 4.24. The Morgan fingerprint density at radius 3 is 2.84 bits per heavy atom. The lowest BCUT2D eigenvalue weighted by molar-refractivity contribution is 0.567. The van der Waals surface area contributed by atoms with Gasteiger partial charge in [-0.2, -0.15) is 4.37 Å². The second-order valence-corrected chi connectivity index (χ2v) is 6.82. The Bertz CT molecular complexity index is 530. The van der Waals surface area contributed by atoms with Crippen LogP contribution < -0.4 is 11.1 Å². The van der Waals surface area contributed by atoms with Gasteiger partial charge in [0.25, 0.3) is 0 Å². The van der Waals surface area contributed by atoms with Crippen LogP contribution in [0.3, 0.4) is 0 Å². The lowest BCUT2D eigenvalue weighted by atomic mass is 10.1. The lowest BCUT2D eigenvalue weighted by Gasteiger charge is -2.07. The highest BCUT2D eigenvalue weighted by atomic mass is 32.1. The van der Waals surface area contributed by atoms with Gasteiger partial charge in [0.15, 0.2) is 0 Å². The van der Waals surface area contributed by atoms with Crippen molar-refractivity contribution in [2.45, 2.75) is 33.6 Å². The van der Waals surface area contributed by atoms with E-state index in [9.17, 15) is 0 Å². The first-order valence-electron chi connectivity index (χ1n) is 6.49. The number of nitrogen functional groups attached to an aromatic ring is 1. The molecule has 0 fully saturated rings. The van der Waals surface area contributed by atoms with E-state index in [4.69, 9.17) is 5.73 Å². The van der Waals surface area contributed by atoms with E-state index in [-0.39, 0.29) is 0 Å². The number of thiazole rings is 1. The van der Waals surface area contributed by atoms with E-state index in [0.717, 1.165) is 40.1 Å². The quantitative estimate of drug-likeness (QED) is 0.791. The summed E-state index contributed by atoms with van der Waals surface area (Å²) in [6, 6.07) is 0. The van der Waals surface area contributed by atoms with Crippen molar-refractivity contribution in [3.63, 3.8) is 0 Å². The molecule has 19 heavy (non-hydrogen) atoms. The van der Waals surface area contributed by atoms with E-state index >= 15 is 0 Å². The Hall–Kier alpha value is -1.14. The van der Waals surface area contributed by atoms with Crippen molar-refractivity contribution in [2.24, 2.45) is 5.92 Å². The van der Waals surface area contributed by atoms with Crippen LogP contribution in [0, 0.1) is 12.8 Å². The third-order valence-electron chi connectivity index (χ3n) is 2.84. The maximum atomic E-state index is 5.96. The molecule has 0 amide bonds. The number of aryl methyl sites for hydroxylation is 1. The van der Waals surface area contributed by atoms with Gasteiger partial charge in [-0.1, -0.05) is 13.8 Å². The Morgan fingerprint density at radius 1 is 1.42 bits per heavy atom. The summed E-state index contributed by atoms with van der Waals surface area (Å²) in [5.74, 6) is 1.32. The van der Waals surface area contributed by atoms with Crippen molar-refractivity contribution < 1.29 is 0 Å². The van der Waals surface area contributed by atoms with Crippen LogP contribution in [-0.2, 0) is 0 Å². The standard InChI is InChI=1S/C13H20N4S2/c1-8(2)5-4-6-15-13-11(12(14)17-19-13)10-7-18-9(3)16-10/h7-8,15H,4-6H2,1-3H3,(H2,14,17). The molecule has 0 saturated heterocycles. The highest BCUT2D eigenvalue weighted by Crippen LogP contribution is 2.37. The molecular weight excluding hydrogens is 276 g/mol. The van der Waals surface area contributed by atoms with Gasteiger partial charge in [0.2, 0.25) is 0 Å². The number of nitrogens with zero attached hydrogens (tertiary/aromatic N) is 2. The fourth-order valence-corrected chi connectivity index (χ4v) is 3.21. The highest BCUT2D eigenvalue weighted by molar-refractivity contribution is 7.11. The molecular formula is C13H20N4S2. The SMILES string of the molecule is Cc1nc(-c2c(N)nsc2NCCCC(C)C)cs1. The molecule has 0 saturated carbocycles. The normalized spacial score (nSPS) is 11.2. The van der Waals surface area contributed by atoms with Crippen LogP contribution in [-0.4, -0.2) is 15.9 Å². The van der Waals surface area contributed by atoms with Gasteiger partial charge in [-0.05, 0) is 37.2 Å². The topological polar surface area (TPSA) is 63.8 Å². The summed E-state index contributed by atoms with van der Waals surface area (Å²) >= 11 is 3.05. The first-order chi connectivity index (χ1) is 9.08. The van der Waals surface area contributed by atoms with Crippen LogP contribution in [0.5, 0.6) is 0 Å². The van der Waals surface area contributed by atoms with Crippen molar-refractivity contribution in [3.8, 4) is 11.3 Å². The van der Waals surface area contributed by atoms with Gasteiger partial charge in [0.1, 0.15) is 10.8 Å². The van der Waals surface area contributed by atoms with E-state index < -0.39 is 0 Å². The molecule has 0 radical (unpaired) electrons. The minimum atomic E-state index is 0.571. The van der Waals surface area contributed by atoms with Crippen molar-refractivity contribution in [1.82, 2.24) is 9.36 Å². The van der Waals surface area contributed by atoms with E-state index in [2.05, 4.69) is 28.5 Å². The average Bonchev–Trinajstić information content (AvgIpc) is 2.91. The molecule has 0 aliphatic rings. The molecule has 0 aromatic carbocycles. The molecule has 0 aliphatic heterocycles. The number of hydrogen-bond donors (Lipinski definition) is 2. The number of nitrogens with one attached hydrogen (secondary N) is 1. The van der Waals surface area contributed by atoms with Crippen LogP contribution in [0.4, 0.5) is 10.8 Å². The van der Waals surface area contributed by atoms with Gasteiger partial charge in [0, 0.05) is 11.9 Å². The van der Waals surface area contributed by atoms with Crippen molar-refractivity contribution in [2.75, 3.05) is 17.6 Å². The molecule has 0 bridgehead atoms. The van der Waals surface area contributed by atoms with Gasteiger partial charge < -0.3 is 11.1 Å². The van der Waals surface area contributed by atoms with Crippen LogP contribution in [0.2, 0.25) is 0 Å². The van der Waals surface area contributed by atoms with Crippen LogP contribution in [0.15, 0.2) is 5.38 Å². The summed E-state index contributed by atoms with van der Waals surface area (Å²) in [5, 5.41) is 7.56. The Morgan fingerprint density at radius 2 is 2.21 bits per heavy atom. The Balaban J connectivity index is 2.06. The summed E-state index contributed by atoms with van der Waals surface area (Å²) in [7, 11) is 0. The largest absolute Gasteiger partial charge is 0.382 e. The average molecular weight is 296 g/mol. The van der Waals surface area contributed by atoms with Gasteiger partial charge in [0.05, 0.1) is 16.3 Å². The fraction of sp³-hybridized carbons (Fsp3) is 0.538. The number of rotatable bonds is 6. The third-order valence-corrected chi connectivity index (χ3v) is 4.43. The lowest BCUT2D eigenvalue weighted by Crippen LogP contribution is -2.03. The van der Waals surface area contributed by atoms with Gasteiger partial charge in [-0.25, -0.2) is 4.98 Å². The van der Waals surface area contributed by atoms with Crippen molar-refractivity contribution >= 4 is 33.7 Å². The van der Waals surface area contributed by atoms with Gasteiger partial charge in [-0.15, -0.1) is 11.3 Å². The molecule has 2 aromatic heterocycles. The maximum Gasteiger partial charge on any atom is 0.148 e. The summed E-state index contributed by atoms with van der Waals surface area (Å²) in [4.78, 5) is 4.50. The van der Waals surface area contributed by atoms with E-state index in [1.165, 1.54) is 18.0 Å². The van der Waals surface area contributed by atoms with Crippen LogP contribution in [0.1, 0.15) is 31.7 Å². The van der Waals surface area contributed by atoms with Crippen LogP contribution in [0.25, 0.3) is 11.3 Å². The molecule has 3 N–H and O–H groups in total. The Labute approximate surface area is 122 Å². The first-order valence-corrected chi connectivity index (χ1v) is 8.14. The molecule has 2 aromatic rings. The smallest absolute Gasteiger partial charge is 0.148 e. The number of aromatic nitrogens is 2. The van der Waals surface area contributed by atoms with E-state index in [0.29, 0.717) is 5.82 Å². The number of nitrogens with two attached hydrogens (primary N) is 1. The monoisotopic (exact) mass is 296 g/mol. The van der Waals surface area contributed by atoms with Crippen LogP contribution >= 0.6 is 22.9 Å². The minimum absolute atomic E-state index is 0.571.